The Balaban J connectivity index is 2.96. The van der Waals surface area contributed by atoms with Crippen LogP contribution in [0.15, 0.2) is 23.2 Å². The Bertz CT molecular complexity index is 369. The molecule has 94 valence electrons. The standard InChI is InChI=1S/C14H19F2N/c1-9(2)14(10(3)4)17-8-11-12(15)6-5-7-13(11)16/h5-10,14H,1-4H3. The van der Waals surface area contributed by atoms with Gasteiger partial charge in [-0.15, -0.1) is 0 Å². The van der Waals surface area contributed by atoms with Crippen LogP contribution in [-0.2, 0) is 0 Å². The smallest absolute Gasteiger partial charge is 0.134 e. The van der Waals surface area contributed by atoms with E-state index in [0.29, 0.717) is 11.8 Å². The van der Waals surface area contributed by atoms with Crippen molar-refractivity contribution in [1.29, 1.82) is 0 Å². The monoisotopic (exact) mass is 239 g/mol. The van der Waals surface area contributed by atoms with Crippen LogP contribution >= 0.6 is 0 Å². The number of hydrogen-bond acceptors (Lipinski definition) is 1. The van der Waals surface area contributed by atoms with Gasteiger partial charge in [-0.05, 0) is 24.0 Å². The van der Waals surface area contributed by atoms with Crippen molar-refractivity contribution in [3.05, 3.63) is 35.4 Å². The normalized spacial score (nSPS) is 12.3. The van der Waals surface area contributed by atoms with Gasteiger partial charge in [-0.2, -0.15) is 0 Å². The second-order valence-electron chi connectivity index (χ2n) is 4.89. The number of aliphatic imine (C=N–C) groups is 1. The lowest BCUT2D eigenvalue weighted by Gasteiger charge is -2.20. The third-order valence-electron chi connectivity index (χ3n) is 2.74. The molecule has 0 aromatic heterocycles. The summed E-state index contributed by atoms with van der Waals surface area (Å²) < 4.78 is 26.7. The highest BCUT2D eigenvalue weighted by Gasteiger charge is 2.16. The fourth-order valence-electron chi connectivity index (χ4n) is 1.91. The summed E-state index contributed by atoms with van der Waals surface area (Å²) in [5.74, 6) is -0.442. The van der Waals surface area contributed by atoms with Crippen LogP contribution in [0.3, 0.4) is 0 Å². The minimum Gasteiger partial charge on any atom is -0.288 e. The quantitative estimate of drug-likeness (QED) is 0.702. The van der Waals surface area contributed by atoms with Crippen LogP contribution < -0.4 is 0 Å². The van der Waals surface area contributed by atoms with Gasteiger partial charge in [0.25, 0.3) is 0 Å². The largest absolute Gasteiger partial charge is 0.288 e. The second-order valence-corrected chi connectivity index (χ2v) is 4.89. The van der Waals surface area contributed by atoms with Crippen molar-refractivity contribution in [3.8, 4) is 0 Å². The molecule has 17 heavy (non-hydrogen) atoms. The van der Waals surface area contributed by atoms with E-state index in [-0.39, 0.29) is 11.6 Å². The molecule has 1 aromatic rings. The summed E-state index contributed by atoms with van der Waals surface area (Å²) in [4.78, 5) is 4.31. The molecular weight excluding hydrogens is 220 g/mol. The van der Waals surface area contributed by atoms with E-state index in [0.717, 1.165) is 0 Å². The lowest BCUT2D eigenvalue weighted by atomic mass is 9.94. The van der Waals surface area contributed by atoms with E-state index >= 15 is 0 Å². The molecule has 3 heteroatoms. The van der Waals surface area contributed by atoms with Gasteiger partial charge in [-0.1, -0.05) is 33.8 Å². The highest BCUT2D eigenvalue weighted by atomic mass is 19.1. The number of halogens is 2. The molecule has 0 radical (unpaired) electrons. The van der Waals surface area contributed by atoms with Crippen molar-refractivity contribution >= 4 is 6.21 Å². The Morgan fingerprint density at radius 3 is 1.88 bits per heavy atom. The summed E-state index contributed by atoms with van der Waals surface area (Å²) in [6.45, 7) is 8.22. The van der Waals surface area contributed by atoms with Crippen molar-refractivity contribution in [1.82, 2.24) is 0 Å². The average Bonchev–Trinajstić information content (AvgIpc) is 2.21. The number of nitrogens with zero attached hydrogens (tertiary/aromatic N) is 1. The van der Waals surface area contributed by atoms with Crippen LogP contribution in [0.2, 0.25) is 0 Å². The summed E-state index contributed by atoms with van der Waals surface area (Å²) >= 11 is 0. The Labute approximate surface area is 102 Å². The van der Waals surface area contributed by atoms with Gasteiger partial charge in [0.2, 0.25) is 0 Å². The van der Waals surface area contributed by atoms with Crippen LogP contribution in [0.25, 0.3) is 0 Å². The topological polar surface area (TPSA) is 12.4 Å². The van der Waals surface area contributed by atoms with E-state index in [1.165, 1.54) is 24.4 Å². The molecule has 0 atom stereocenters. The molecule has 1 rings (SSSR count). The lowest BCUT2D eigenvalue weighted by Crippen LogP contribution is -2.20. The molecule has 0 aliphatic carbocycles. The van der Waals surface area contributed by atoms with Gasteiger partial charge in [-0.3, -0.25) is 4.99 Å². The molecule has 0 bridgehead atoms. The first kappa shape index (κ1) is 13.8. The highest BCUT2D eigenvalue weighted by molar-refractivity contribution is 5.80. The van der Waals surface area contributed by atoms with Crippen LogP contribution in [0.5, 0.6) is 0 Å². The van der Waals surface area contributed by atoms with Gasteiger partial charge in [0.1, 0.15) is 11.6 Å². The molecule has 1 aromatic carbocycles. The molecule has 0 fully saturated rings. The predicted molar refractivity (Wildman–Crippen MR) is 67.4 cm³/mol. The van der Waals surface area contributed by atoms with Crippen LogP contribution in [0.1, 0.15) is 33.3 Å². The Kier molecular flexibility index (Phi) is 4.79. The zero-order valence-corrected chi connectivity index (χ0v) is 10.7. The summed E-state index contributed by atoms with van der Waals surface area (Å²) in [5.41, 5.74) is -0.0567. The van der Waals surface area contributed by atoms with E-state index < -0.39 is 11.6 Å². The maximum atomic E-state index is 13.4. The van der Waals surface area contributed by atoms with Crippen molar-refractivity contribution in [2.45, 2.75) is 33.7 Å². The maximum Gasteiger partial charge on any atom is 0.134 e. The number of rotatable bonds is 4. The summed E-state index contributed by atoms with van der Waals surface area (Å²) in [7, 11) is 0. The molecule has 0 heterocycles. The van der Waals surface area contributed by atoms with E-state index in [2.05, 4.69) is 32.7 Å². The highest BCUT2D eigenvalue weighted by Crippen LogP contribution is 2.17. The van der Waals surface area contributed by atoms with Crippen molar-refractivity contribution < 1.29 is 8.78 Å². The SMILES string of the molecule is CC(C)C(N=Cc1c(F)cccc1F)C(C)C. The molecule has 0 saturated heterocycles. The minimum atomic E-state index is -0.569. The fraction of sp³-hybridized carbons (Fsp3) is 0.500. The summed E-state index contributed by atoms with van der Waals surface area (Å²) in [6, 6.07) is 3.91. The Morgan fingerprint density at radius 1 is 1.00 bits per heavy atom. The Morgan fingerprint density at radius 2 is 1.47 bits per heavy atom. The van der Waals surface area contributed by atoms with E-state index in [1.54, 1.807) is 0 Å². The molecule has 1 nitrogen and oxygen atoms in total. The summed E-state index contributed by atoms with van der Waals surface area (Å²) in [6.07, 6.45) is 1.31. The predicted octanol–water partition coefficient (Wildman–Crippen LogP) is 4.06. The van der Waals surface area contributed by atoms with E-state index in [9.17, 15) is 8.78 Å². The first-order valence-electron chi connectivity index (χ1n) is 5.90. The van der Waals surface area contributed by atoms with Gasteiger partial charge >= 0.3 is 0 Å². The van der Waals surface area contributed by atoms with Crippen molar-refractivity contribution in [2.24, 2.45) is 16.8 Å². The molecule has 0 aliphatic heterocycles. The molecule has 0 N–H and O–H groups in total. The Hall–Kier alpha value is -1.25. The van der Waals surface area contributed by atoms with Gasteiger partial charge in [0.05, 0.1) is 11.6 Å². The third kappa shape index (κ3) is 3.62. The first-order chi connectivity index (χ1) is 7.93. The van der Waals surface area contributed by atoms with Gasteiger partial charge in [0.15, 0.2) is 0 Å². The first-order valence-corrected chi connectivity index (χ1v) is 5.90. The van der Waals surface area contributed by atoms with Crippen LogP contribution in [0.4, 0.5) is 8.78 Å². The molecule has 0 unspecified atom stereocenters. The third-order valence-corrected chi connectivity index (χ3v) is 2.74. The molecule has 0 amide bonds. The van der Waals surface area contributed by atoms with E-state index in [1.807, 2.05) is 0 Å². The number of hydrogen-bond donors (Lipinski definition) is 0. The van der Waals surface area contributed by atoms with Gasteiger partial charge in [-0.25, -0.2) is 8.78 Å². The molecule has 0 saturated carbocycles. The van der Waals surface area contributed by atoms with Gasteiger partial charge in [0, 0.05) is 6.21 Å². The molecule has 0 spiro atoms. The minimum absolute atomic E-state index is 0.0567. The van der Waals surface area contributed by atoms with Crippen LogP contribution in [-0.4, -0.2) is 12.3 Å². The average molecular weight is 239 g/mol. The second kappa shape index (κ2) is 5.89. The zero-order chi connectivity index (χ0) is 13.0. The summed E-state index contributed by atoms with van der Waals surface area (Å²) in [5, 5.41) is 0. The van der Waals surface area contributed by atoms with Crippen LogP contribution in [0, 0.1) is 23.5 Å². The van der Waals surface area contributed by atoms with Crippen molar-refractivity contribution in [2.75, 3.05) is 0 Å². The maximum absolute atomic E-state index is 13.4. The lowest BCUT2D eigenvalue weighted by molar-refractivity contribution is 0.390. The van der Waals surface area contributed by atoms with E-state index in [4.69, 9.17) is 0 Å². The van der Waals surface area contributed by atoms with Crippen molar-refractivity contribution in [3.63, 3.8) is 0 Å². The van der Waals surface area contributed by atoms with Gasteiger partial charge < -0.3 is 0 Å². The molecule has 0 aliphatic rings. The fourth-order valence-corrected chi connectivity index (χ4v) is 1.91. The number of benzene rings is 1. The molecular formula is C14H19F2N. The zero-order valence-electron chi connectivity index (χ0n) is 10.7.